The number of anilines is 2. The van der Waals surface area contributed by atoms with Crippen molar-refractivity contribution in [1.29, 1.82) is 0 Å². The lowest BCUT2D eigenvalue weighted by atomic mass is 10.2. The van der Waals surface area contributed by atoms with Gasteiger partial charge in [-0.05, 0) is 30.3 Å². The molecular weight excluding hydrogens is 372 g/mol. The molecule has 0 bridgehead atoms. The highest BCUT2D eigenvalue weighted by Gasteiger charge is 2.29. The van der Waals surface area contributed by atoms with E-state index in [1.807, 2.05) is 0 Å². The molecule has 27 heavy (non-hydrogen) atoms. The van der Waals surface area contributed by atoms with Crippen molar-refractivity contribution in [3.8, 4) is 11.5 Å². The van der Waals surface area contributed by atoms with E-state index in [1.54, 1.807) is 24.3 Å². The number of carbonyl (C=O) groups is 3. The number of amides is 2. The number of carboxylic acids is 1. The van der Waals surface area contributed by atoms with Gasteiger partial charge in [-0.25, -0.2) is 4.79 Å². The van der Waals surface area contributed by atoms with Crippen LogP contribution in [0.4, 0.5) is 11.4 Å². The fraction of sp³-hybridized carbons (Fsp3) is 0.167. The van der Waals surface area contributed by atoms with Crippen LogP contribution in [0.1, 0.15) is 16.8 Å². The van der Waals surface area contributed by atoms with Crippen molar-refractivity contribution in [3.05, 3.63) is 42.0 Å². The number of thioether (sulfide) groups is 1. The smallest absolute Gasteiger partial charge is 0.335 e. The molecule has 2 amide bonds. The summed E-state index contributed by atoms with van der Waals surface area (Å²) in [6.07, 6.45) is -0.0539. The second-order valence-electron chi connectivity index (χ2n) is 5.93. The highest BCUT2D eigenvalue weighted by atomic mass is 32.2. The first-order valence-corrected chi connectivity index (χ1v) is 8.92. The molecule has 2 aromatic rings. The van der Waals surface area contributed by atoms with E-state index in [2.05, 4.69) is 10.6 Å². The number of carboxylic acid groups (broad SMARTS) is 1. The van der Waals surface area contributed by atoms with Crippen molar-refractivity contribution in [1.82, 2.24) is 0 Å². The van der Waals surface area contributed by atoms with E-state index in [4.69, 9.17) is 14.6 Å². The minimum absolute atomic E-state index is 0.0539. The number of rotatable bonds is 4. The Morgan fingerprint density at radius 2 is 2.00 bits per heavy atom. The molecular formula is C18H14N2O6S. The van der Waals surface area contributed by atoms with E-state index < -0.39 is 11.2 Å². The van der Waals surface area contributed by atoms with Gasteiger partial charge in [0.05, 0.1) is 16.5 Å². The largest absolute Gasteiger partial charge is 0.478 e. The van der Waals surface area contributed by atoms with Crippen molar-refractivity contribution < 1.29 is 29.0 Å². The van der Waals surface area contributed by atoms with Gasteiger partial charge in [0.2, 0.25) is 18.6 Å². The van der Waals surface area contributed by atoms with Crippen LogP contribution in [0.15, 0.2) is 41.3 Å². The van der Waals surface area contributed by atoms with Crippen LogP contribution in [-0.2, 0) is 9.59 Å². The summed E-state index contributed by atoms with van der Waals surface area (Å²) in [5.74, 6) is -0.517. The Balaban J connectivity index is 1.44. The number of aromatic carboxylic acids is 1. The summed E-state index contributed by atoms with van der Waals surface area (Å²) >= 11 is 1.17. The molecule has 8 nitrogen and oxygen atoms in total. The molecule has 0 spiro atoms. The summed E-state index contributed by atoms with van der Waals surface area (Å²) < 4.78 is 10.5. The van der Waals surface area contributed by atoms with Gasteiger partial charge in [-0.1, -0.05) is 0 Å². The van der Waals surface area contributed by atoms with Gasteiger partial charge in [0, 0.05) is 23.1 Å². The summed E-state index contributed by atoms with van der Waals surface area (Å²) in [6.45, 7) is 0.142. The van der Waals surface area contributed by atoms with Crippen LogP contribution in [0.5, 0.6) is 11.5 Å². The number of hydrogen-bond donors (Lipinski definition) is 3. The van der Waals surface area contributed by atoms with Crippen LogP contribution in [0.25, 0.3) is 0 Å². The Morgan fingerprint density at radius 3 is 2.81 bits per heavy atom. The summed E-state index contributed by atoms with van der Waals surface area (Å²) in [7, 11) is 0. The molecule has 2 aliphatic rings. The number of ether oxygens (including phenoxy) is 2. The summed E-state index contributed by atoms with van der Waals surface area (Å²) in [5, 5.41) is 13.9. The Hall–Kier alpha value is -3.20. The molecule has 2 aliphatic heterocycles. The average molecular weight is 386 g/mol. The molecule has 0 aromatic heterocycles. The Labute approximate surface area is 157 Å². The monoisotopic (exact) mass is 386 g/mol. The molecule has 138 valence electrons. The zero-order valence-corrected chi connectivity index (χ0v) is 14.7. The third-order valence-corrected chi connectivity index (χ3v) is 5.33. The molecule has 0 saturated heterocycles. The third kappa shape index (κ3) is 3.54. The number of fused-ring (bicyclic) bond motifs is 2. The summed E-state index contributed by atoms with van der Waals surface area (Å²) in [5.41, 5.74) is 1.21. The van der Waals surface area contributed by atoms with Crippen LogP contribution >= 0.6 is 11.8 Å². The topological polar surface area (TPSA) is 114 Å². The van der Waals surface area contributed by atoms with E-state index in [0.29, 0.717) is 27.8 Å². The van der Waals surface area contributed by atoms with Gasteiger partial charge < -0.3 is 25.2 Å². The Morgan fingerprint density at radius 1 is 1.19 bits per heavy atom. The molecule has 1 unspecified atom stereocenters. The highest BCUT2D eigenvalue weighted by molar-refractivity contribution is 8.01. The van der Waals surface area contributed by atoms with Crippen LogP contribution in [0.2, 0.25) is 0 Å². The summed E-state index contributed by atoms with van der Waals surface area (Å²) in [4.78, 5) is 36.3. The predicted octanol–water partition coefficient (Wildman–Crippen LogP) is 2.56. The zero-order valence-electron chi connectivity index (χ0n) is 13.9. The molecule has 2 aromatic carbocycles. The standard InChI is InChI=1S/C18H14N2O6S/c21-16(19-10-2-4-12-13(6-10)26-8-25-12)7-15-17(22)20-11-3-1-9(18(23)24)5-14(11)27-15/h1-6,15H,7-8H2,(H,19,21)(H,20,22)(H,23,24). The molecule has 0 saturated carbocycles. The number of carbonyl (C=O) groups excluding carboxylic acids is 2. The third-order valence-electron chi connectivity index (χ3n) is 4.08. The van der Waals surface area contributed by atoms with Crippen molar-refractivity contribution >= 4 is 40.9 Å². The first kappa shape index (κ1) is 17.2. The second-order valence-corrected chi connectivity index (χ2v) is 7.18. The molecule has 4 rings (SSSR count). The van der Waals surface area contributed by atoms with E-state index in [9.17, 15) is 14.4 Å². The quantitative estimate of drug-likeness (QED) is 0.740. The van der Waals surface area contributed by atoms with E-state index in [-0.39, 0.29) is 30.6 Å². The van der Waals surface area contributed by atoms with Crippen molar-refractivity contribution in [2.75, 3.05) is 17.4 Å². The Kier molecular flexibility index (Phi) is 4.36. The fourth-order valence-corrected chi connectivity index (χ4v) is 3.91. The van der Waals surface area contributed by atoms with Crippen LogP contribution in [0.3, 0.4) is 0 Å². The van der Waals surface area contributed by atoms with Gasteiger partial charge in [-0.3, -0.25) is 9.59 Å². The van der Waals surface area contributed by atoms with Crippen LogP contribution in [-0.4, -0.2) is 34.9 Å². The molecule has 0 aliphatic carbocycles. The number of nitrogens with one attached hydrogen (secondary N) is 2. The molecule has 1 atom stereocenters. The van der Waals surface area contributed by atoms with E-state index >= 15 is 0 Å². The number of hydrogen-bond acceptors (Lipinski definition) is 6. The van der Waals surface area contributed by atoms with Gasteiger partial charge in [0.25, 0.3) is 0 Å². The Bertz CT molecular complexity index is 961. The van der Waals surface area contributed by atoms with E-state index in [0.717, 1.165) is 0 Å². The second kappa shape index (κ2) is 6.84. The van der Waals surface area contributed by atoms with Gasteiger partial charge >= 0.3 is 5.97 Å². The van der Waals surface area contributed by atoms with Crippen molar-refractivity contribution in [2.45, 2.75) is 16.6 Å². The normalized spacial score (nSPS) is 17.0. The lowest BCUT2D eigenvalue weighted by molar-refractivity contribution is -0.120. The fourth-order valence-electron chi connectivity index (χ4n) is 2.77. The molecule has 9 heteroatoms. The molecule has 3 N–H and O–H groups in total. The van der Waals surface area contributed by atoms with Gasteiger partial charge in [-0.2, -0.15) is 0 Å². The van der Waals surface area contributed by atoms with Gasteiger partial charge in [0.15, 0.2) is 11.5 Å². The molecule has 2 heterocycles. The zero-order chi connectivity index (χ0) is 19.0. The SMILES string of the molecule is O=C(CC1Sc2cc(C(=O)O)ccc2NC1=O)Nc1ccc2c(c1)OCO2. The molecule has 0 radical (unpaired) electrons. The average Bonchev–Trinajstić information content (AvgIpc) is 3.09. The highest BCUT2D eigenvalue weighted by Crippen LogP contribution is 2.38. The lowest BCUT2D eigenvalue weighted by Crippen LogP contribution is -2.32. The number of benzene rings is 2. The van der Waals surface area contributed by atoms with Crippen molar-refractivity contribution in [2.24, 2.45) is 0 Å². The first-order valence-electron chi connectivity index (χ1n) is 8.04. The van der Waals surface area contributed by atoms with Gasteiger partial charge in [0.1, 0.15) is 0 Å². The van der Waals surface area contributed by atoms with Crippen molar-refractivity contribution in [3.63, 3.8) is 0 Å². The van der Waals surface area contributed by atoms with Crippen LogP contribution in [0, 0.1) is 0 Å². The van der Waals surface area contributed by atoms with Crippen LogP contribution < -0.4 is 20.1 Å². The van der Waals surface area contributed by atoms with Gasteiger partial charge in [-0.15, -0.1) is 11.8 Å². The first-order chi connectivity index (χ1) is 13.0. The lowest BCUT2D eigenvalue weighted by Gasteiger charge is -2.24. The summed E-state index contributed by atoms with van der Waals surface area (Å²) in [6, 6.07) is 9.51. The maximum absolute atomic E-state index is 12.3. The van der Waals surface area contributed by atoms with E-state index in [1.165, 1.54) is 23.9 Å². The molecule has 0 fully saturated rings. The maximum atomic E-state index is 12.3. The minimum atomic E-state index is -1.05. The minimum Gasteiger partial charge on any atom is -0.478 e. The predicted molar refractivity (Wildman–Crippen MR) is 97.5 cm³/mol. The maximum Gasteiger partial charge on any atom is 0.335 e.